The molecule has 0 aliphatic rings. The van der Waals surface area contributed by atoms with Crippen LogP contribution in [0.15, 0.2) is 73.1 Å². The highest BCUT2D eigenvalue weighted by Crippen LogP contribution is 2.25. The van der Waals surface area contributed by atoms with Gasteiger partial charge in [0.05, 0.1) is 10.8 Å². The number of ether oxygens (including phenoxy) is 2. The molecule has 0 saturated heterocycles. The first-order chi connectivity index (χ1) is 30.6. The van der Waals surface area contributed by atoms with Gasteiger partial charge in [0.1, 0.15) is 13.1 Å². The molecule has 2 aromatic heterocycles. The number of nitrogens with zero attached hydrogens (tertiary/aromatic N) is 2. The second kappa shape index (κ2) is 37.3. The zero-order valence-electron chi connectivity index (χ0n) is 40.3. The number of halogens is 2. The zero-order valence-corrected chi connectivity index (χ0v) is 43.4. The van der Waals surface area contributed by atoms with Gasteiger partial charge in [-0.2, -0.15) is 9.13 Å². The third-order valence-corrected chi connectivity index (χ3v) is 12.7. The van der Waals surface area contributed by atoms with Crippen molar-refractivity contribution >= 4 is 33.7 Å². The summed E-state index contributed by atoms with van der Waals surface area (Å²) in [5.41, 5.74) is 2.05. The molecule has 8 heteroatoms. The predicted molar refractivity (Wildman–Crippen MR) is 259 cm³/mol. The van der Waals surface area contributed by atoms with Crippen LogP contribution in [0.4, 0.5) is 0 Å². The van der Waals surface area contributed by atoms with Gasteiger partial charge in [-0.05, 0) is 62.1 Å². The summed E-state index contributed by atoms with van der Waals surface area (Å²) in [6, 6.07) is 20.5. The molecule has 0 saturated carbocycles. The summed E-state index contributed by atoms with van der Waals surface area (Å²) in [6.07, 6.45) is 42.8. The molecule has 4 rings (SSSR count). The Labute approximate surface area is 410 Å². The molecule has 2 heterocycles. The number of carbonyl (C=O) groups excluding carboxylic acids is 2. The average molecular weight is 1010 g/mol. The number of para-hydroxylation sites is 2. The summed E-state index contributed by atoms with van der Waals surface area (Å²) in [6.45, 7) is 6.38. The molecule has 0 bridgehead atoms. The van der Waals surface area contributed by atoms with Gasteiger partial charge in [0, 0.05) is 37.8 Å². The lowest BCUT2D eigenvalue weighted by Gasteiger charge is -2.08. The maximum absolute atomic E-state index is 12.9. The Morgan fingerprint density at radius 3 is 0.984 bits per heavy atom. The predicted octanol–water partition coefficient (Wildman–Crippen LogP) is 9.61. The number of carbonyl (C=O) groups is 2. The van der Waals surface area contributed by atoms with E-state index in [1.54, 1.807) is 0 Å². The lowest BCUT2D eigenvalue weighted by atomic mass is 10.1. The molecule has 0 aliphatic carbocycles. The van der Waals surface area contributed by atoms with Crippen molar-refractivity contribution in [3.05, 3.63) is 73.1 Å². The maximum Gasteiger partial charge on any atom is 0.311 e. The summed E-state index contributed by atoms with van der Waals surface area (Å²) in [4.78, 5) is 25.7. The van der Waals surface area contributed by atoms with Crippen LogP contribution in [0.3, 0.4) is 0 Å². The lowest BCUT2D eigenvalue weighted by molar-refractivity contribution is -0.672. The van der Waals surface area contributed by atoms with E-state index >= 15 is 0 Å². The number of pyridine rings is 2. The van der Waals surface area contributed by atoms with Gasteiger partial charge in [-0.15, -0.1) is 0 Å². The second-order valence-corrected chi connectivity index (χ2v) is 18.1. The van der Waals surface area contributed by atoms with Crippen LogP contribution in [0.5, 0.6) is 11.5 Å². The van der Waals surface area contributed by atoms with Gasteiger partial charge in [-0.25, -0.2) is 0 Å². The van der Waals surface area contributed by atoms with Crippen molar-refractivity contribution < 1.29 is 62.2 Å². The molecule has 0 atom stereocenters. The number of esters is 2. The number of rotatable bonds is 37. The first kappa shape index (κ1) is 57.3. The minimum atomic E-state index is -0.116. The molecule has 64 heavy (non-hydrogen) atoms. The molecule has 0 aliphatic heterocycles. The van der Waals surface area contributed by atoms with Crippen molar-refractivity contribution in [1.82, 2.24) is 0 Å². The monoisotopic (exact) mass is 1010 g/mol. The Morgan fingerprint density at radius 1 is 0.375 bits per heavy atom. The van der Waals surface area contributed by atoms with Crippen LogP contribution in [0.2, 0.25) is 0 Å². The fourth-order valence-corrected chi connectivity index (χ4v) is 8.99. The molecule has 0 spiro atoms. The maximum atomic E-state index is 12.9. The SMILES string of the molecule is CCCCCCCCCCCCCC(=O)Oc1cccc2ccc[n+](CCCCCCCCCC[n+]3cccc4cccc(OC(=O)CCCCCCCCCCCCC)c43)c12.[Br-].[Br-]. The molecule has 6 nitrogen and oxygen atoms in total. The standard InChI is InChI=1S/C56H86N2O4.2BrH/c1-3-5-7-9-11-13-15-17-21-25-29-43-53(59)61-51-41-33-37-49-39-35-47-57(55(49)51)45-31-27-23-19-20-24-28-32-46-58-48-36-40-50-38-34-42-52(56(50)58)62-54(60)44-30-26-22-18-16-14-12-10-8-6-4-2;;/h33-42,47-48H,3-32,43-46H2,1-2H3;2*1H/q+2;;/p-2. The Hall–Kier alpha value is -2.84. The van der Waals surface area contributed by atoms with Gasteiger partial charge in [0.15, 0.2) is 12.4 Å². The number of benzene rings is 2. The van der Waals surface area contributed by atoms with Crippen LogP contribution in [0, 0.1) is 0 Å². The number of unbranched alkanes of at least 4 members (excludes halogenated alkanes) is 27. The molecular weight excluding hydrogens is 924 g/mol. The summed E-state index contributed by atoms with van der Waals surface area (Å²) >= 11 is 0. The minimum Gasteiger partial charge on any atom is -1.00 e. The molecule has 0 N–H and O–H groups in total. The highest BCUT2D eigenvalue weighted by molar-refractivity contribution is 5.85. The first-order valence-electron chi connectivity index (χ1n) is 25.8. The van der Waals surface area contributed by atoms with Crippen LogP contribution in [-0.4, -0.2) is 11.9 Å². The first-order valence-corrected chi connectivity index (χ1v) is 25.8. The third kappa shape index (κ3) is 23.6. The Kier molecular flexibility index (Phi) is 33.4. The Bertz CT molecular complexity index is 1670. The van der Waals surface area contributed by atoms with Gasteiger partial charge in [0.2, 0.25) is 11.5 Å². The van der Waals surface area contributed by atoms with E-state index in [2.05, 4.69) is 71.8 Å². The summed E-state index contributed by atoms with van der Waals surface area (Å²) in [5, 5.41) is 2.22. The molecule has 4 aromatic rings. The third-order valence-electron chi connectivity index (χ3n) is 12.7. The normalized spacial score (nSPS) is 11.1. The summed E-state index contributed by atoms with van der Waals surface area (Å²) < 4.78 is 16.5. The molecule has 0 amide bonds. The molecule has 0 unspecified atom stereocenters. The average Bonchev–Trinajstić information content (AvgIpc) is 3.28. The Balaban J connectivity index is 0.00000704. The lowest BCUT2D eigenvalue weighted by Crippen LogP contribution is -3.00. The van der Waals surface area contributed by atoms with E-state index in [1.807, 2.05) is 24.3 Å². The summed E-state index contributed by atoms with van der Waals surface area (Å²) in [5.74, 6) is 1.14. The van der Waals surface area contributed by atoms with Crippen molar-refractivity contribution in [2.24, 2.45) is 0 Å². The topological polar surface area (TPSA) is 60.4 Å². The molecule has 0 fully saturated rings. The van der Waals surface area contributed by atoms with E-state index in [-0.39, 0.29) is 45.9 Å². The molecule has 2 aromatic carbocycles. The number of aryl methyl sites for hydroxylation is 2. The van der Waals surface area contributed by atoms with Crippen LogP contribution < -0.4 is 52.6 Å². The molecular formula is C56H86Br2N2O4. The molecule has 0 radical (unpaired) electrons. The minimum absolute atomic E-state index is 0. The van der Waals surface area contributed by atoms with Crippen LogP contribution >= 0.6 is 0 Å². The van der Waals surface area contributed by atoms with Crippen molar-refractivity contribution in [2.75, 3.05) is 0 Å². The highest BCUT2D eigenvalue weighted by Gasteiger charge is 2.19. The van der Waals surface area contributed by atoms with Crippen molar-refractivity contribution in [1.29, 1.82) is 0 Å². The fourth-order valence-electron chi connectivity index (χ4n) is 8.99. The quantitative estimate of drug-likeness (QED) is 0.0196. The van der Waals surface area contributed by atoms with E-state index in [0.29, 0.717) is 24.3 Å². The number of aromatic nitrogens is 2. The van der Waals surface area contributed by atoms with Gasteiger partial charge in [-0.1, -0.05) is 180 Å². The second-order valence-electron chi connectivity index (χ2n) is 18.1. The van der Waals surface area contributed by atoms with E-state index in [4.69, 9.17) is 9.47 Å². The summed E-state index contributed by atoms with van der Waals surface area (Å²) in [7, 11) is 0. The van der Waals surface area contributed by atoms with Gasteiger partial charge < -0.3 is 43.4 Å². The zero-order chi connectivity index (χ0) is 43.7. The van der Waals surface area contributed by atoms with Gasteiger partial charge in [-0.3, -0.25) is 9.59 Å². The van der Waals surface area contributed by atoms with Crippen molar-refractivity contribution in [3.8, 4) is 11.5 Å². The van der Waals surface area contributed by atoms with Gasteiger partial charge >= 0.3 is 11.9 Å². The number of hydrogen-bond donors (Lipinski definition) is 0. The number of fused-ring (bicyclic) bond motifs is 2. The van der Waals surface area contributed by atoms with E-state index in [1.165, 1.54) is 154 Å². The largest absolute Gasteiger partial charge is 1.00 e. The Morgan fingerprint density at radius 2 is 0.656 bits per heavy atom. The van der Waals surface area contributed by atoms with E-state index < -0.39 is 0 Å². The van der Waals surface area contributed by atoms with Crippen molar-refractivity contribution in [3.63, 3.8) is 0 Å². The van der Waals surface area contributed by atoms with Crippen molar-refractivity contribution in [2.45, 2.75) is 232 Å². The smallest absolute Gasteiger partial charge is 0.311 e. The highest BCUT2D eigenvalue weighted by atomic mass is 79.9. The van der Waals surface area contributed by atoms with Gasteiger partial charge in [0.25, 0.3) is 11.0 Å². The van der Waals surface area contributed by atoms with E-state index in [9.17, 15) is 9.59 Å². The number of hydrogen-bond acceptors (Lipinski definition) is 4. The fraction of sp³-hybridized carbons (Fsp3) is 0.643. The van der Waals surface area contributed by atoms with Crippen LogP contribution in [-0.2, 0) is 22.7 Å². The van der Waals surface area contributed by atoms with E-state index in [0.717, 1.165) is 73.4 Å². The van der Waals surface area contributed by atoms with Crippen LogP contribution in [0.1, 0.15) is 219 Å². The molecule has 358 valence electrons. The van der Waals surface area contributed by atoms with Crippen LogP contribution in [0.25, 0.3) is 21.8 Å².